The van der Waals surface area contributed by atoms with Crippen LogP contribution < -0.4 is 10.6 Å². The first-order valence-corrected chi connectivity index (χ1v) is 5.89. The Kier molecular flexibility index (Phi) is 6.31. The van der Waals surface area contributed by atoms with E-state index < -0.39 is 0 Å². The molecule has 1 fully saturated rings. The standard InChI is InChI=1S/C11H19N5.HI/c1-2-13-11(15-10-3-4-10)14-6-8-16-7-5-12-9-16;/h5,7,9-10H,2-4,6,8H2,1H3,(H2,13,14,15);1H. The number of hydrogen-bond acceptors (Lipinski definition) is 2. The summed E-state index contributed by atoms with van der Waals surface area (Å²) >= 11 is 0. The topological polar surface area (TPSA) is 54.2 Å². The average Bonchev–Trinajstić information content (AvgIpc) is 2.93. The SMILES string of the molecule is CCNC(=NCCn1ccnc1)NC1CC1.I. The van der Waals surface area contributed by atoms with Gasteiger partial charge in [0.2, 0.25) is 0 Å². The number of nitrogens with zero attached hydrogens (tertiary/aromatic N) is 3. The van der Waals surface area contributed by atoms with Crippen LogP contribution in [0.4, 0.5) is 0 Å². The lowest BCUT2D eigenvalue weighted by Gasteiger charge is -2.10. The zero-order chi connectivity index (χ0) is 11.2. The molecule has 1 aliphatic carbocycles. The van der Waals surface area contributed by atoms with Gasteiger partial charge in [-0.25, -0.2) is 4.98 Å². The Labute approximate surface area is 119 Å². The number of aliphatic imine (C=N–C) groups is 1. The smallest absolute Gasteiger partial charge is 0.191 e. The summed E-state index contributed by atoms with van der Waals surface area (Å²) in [7, 11) is 0. The summed E-state index contributed by atoms with van der Waals surface area (Å²) in [6.07, 6.45) is 8.10. The molecule has 1 aromatic rings. The van der Waals surface area contributed by atoms with Crippen LogP contribution in [-0.4, -0.2) is 34.6 Å². The molecule has 1 heterocycles. The first-order chi connectivity index (χ1) is 7.88. The number of halogens is 1. The molecule has 0 aliphatic heterocycles. The third-order valence-corrected chi connectivity index (χ3v) is 2.45. The van der Waals surface area contributed by atoms with Crippen LogP contribution in [0.3, 0.4) is 0 Å². The van der Waals surface area contributed by atoms with Crippen molar-refractivity contribution in [3.05, 3.63) is 18.7 Å². The number of hydrogen-bond donors (Lipinski definition) is 2. The molecule has 0 unspecified atom stereocenters. The summed E-state index contributed by atoms with van der Waals surface area (Å²) in [6.45, 7) is 4.64. The molecule has 17 heavy (non-hydrogen) atoms. The lowest BCUT2D eigenvalue weighted by Crippen LogP contribution is -2.38. The maximum atomic E-state index is 4.51. The summed E-state index contributed by atoms with van der Waals surface area (Å²) in [4.78, 5) is 8.51. The average molecular weight is 349 g/mol. The predicted molar refractivity (Wildman–Crippen MR) is 79.8 cm³/mol. The molecule has 2 rings (SSSR count). The first kappa shape index (κ1) is 14.3. The monoisotopic (exact) mass is 349 g/mol. The zero-order valence-electron chi connectivity index (χ0n) is 10.1. The van der Waals surface area contributed by atoms with Crippen LogP contribution in [0.15, 0.2) is 23.7 Å². The van der Waals surface area contributed by atoms with Gasteiger partial charge in [-0.1, -0.05) is 0 Å². The van der Waals surface area contributed by atoms with E-state index in [1.807, 2.05) is 17.1 Å². The lowest BCUT2D eigenvalue weighted by molar-refractivity contribution is 0.698. The largest absolute Gasteiger partial charge is 0.357 e. The fourth-order valence-corrected chi connectivity index (χ4v) is 1.44. The van der Waals surface area contributed by atoms with Crippen LogP contribution in [0.25, 0.3) is 0 Å². The minimum absolute atomic E-state index is 0. The molecule has 96 valence electrons. The molecule has 0 spiro atoms. The Morgan fingerprint density at radius 2 is 2.35 bits per heavy atom. The van der Waals surface area contributed by atoms with Crippen molar-refractivity contribution in [3.8, 4) is 0 Å². The Bertz CT molecular complexity index is 332. The Balaban J connectivity index is 0.00000144. The van der Waals surface area contributed by atoms with Crippen LogP contribution in [0.1, 0.15) is 19.8 Å². The van der Waals surface area contributed by atoms with Gasteiger partial charge in [0.1, 0.15) is 0 Å². The molecule has 6 heteroatoms. The highest BCUT2D eigenvalue weighted by Gasteiger charge is 2.21. The highest BCUT2D eigenvalue weighted by molar-refractivity contribution is 14.0. The molecule has 0 bridgehead atoms. The van der Waals surface area contributed by atoms with Gasteiger partial charge in [0.25, 0.3) is 0 Å². The van der Waals surface area contributed by atoms with E-state index in [1.165, 1.54) is 12.8 Å². The second kappa shape index (κ2) is 7.52. The van der Waals surface area contributed by atoms with Gasteiger partial charge >= 0.3 is 0 Å². The van der Waals surface area contributed by atoms with Crippen molar-refractivity contribution >= 4 is 29.9 Å². The normalized spacial score (nSPS) is 15.2. The first-order valence-electron chi connectivity index (χ1n) is 5.89. The van der Waals surface area contributed by atoms with E-state index in [9.17, 15) is 0 Å². The molecule has 1 aliphatic rings. The van der Waals surface area contributed by atoms with Crippen molar-refractivity contribution in [2.24, 2.45) is 4.99 Å². The van der Waals surface area contributed by atoms with Gasteiger partial charge in [0, 0.05) is 31.5 Å². The van der Waals surface area contributed by atoms with Crippen LogP contribution in [0.5, 0.6) is 0 Å². The third-order valence-electron chi connectivity index (χ3n) is 2.45. The summed E-state index contributed by atoms with van der Waals surface area (Å²) in [6, 6.07) is 0.644. The quantitative estimate of drug-likeness (QED) is 0.478. The van der Waals surface area contributed by atoms with Crippen molar-refractivity contribution in [1.82, 2.24) is 20.2 Å². The van der Waals surface area contributed by atoms with Crippen molar-refractivity contribution in [1.29, 1.82) is 0 Å². The Hall–Kier alpha value is -0.790. The van der Waals surface area contributed by atoms with E-state index in [0.29, 0.717) is 6.04 Å². The third kappa shape index (κ3) is 5.38. The summed E-state index contributed by atoms with van der Waals surface area (Å²) in [5.41, 5.74) is 0. The van der Waals surface area contributed by atoms with Gasteiger partial charge in [0.15, 0.2) is 5.96 Å². The van der Waals surface area contributed by atoms with E-state index in [-0.39, 0.29) is 24.0 Å². The van der Waals surface area contributed by atoms with Crippen molar-refractivity contribution in [3.63, 3.8) is 0 Å². The van der Waals surface area contributed by atoms with Crippen molar-refractivity contribution in [2.45, 2.75) is 32.4 Å². The highest BCUT2D eigenvalue weighted by atomic mass is 127. The van der Waals surface area contributed by atoms with E-state index in [1.54, 1.807) is 6.20 Å². The number of aromatic nitrogens is 2. The molecule has 2 N–H and O–H groups in total. The Morgan fingerprint density at radius 3 is 2.94 bits per heavy atom. The molecule has 1 saturated carbocycles. The number of nitrogens with one attached hydrogen (secondary N) is 2. The number of imidazole rings is 1. The number of rotatable bonds is 5. The molecule has 0 atom stereocenters. The molecular formula is C11H20IN5. The molecular weight excluding hydrogens is 329 g/mol. The predicted octanol–water partition coefficient (Wildman–Crippen LogP) is 1.22. The second-order valence-electron chi connectivity index (χ2n) is 3.98. The molecule has 5 nitrogen and oxygen atoms in total. The number of guanidine groups is 1. The summed E-state index contributed by atoms with van der Waals surface area (Å²) < 4.78 is 2.03. The maximum Gasteiger partial charge on any atom is 0.191 e. The van der Waals surface area contributed by atoms with Crippen molar-refractivity contribution < 1.29 is 0 Å². The van der Waals surface area contributed by atoms with E-state index >= 15 is 0 Å². The highest BCUT2D eigenvalue weighted by Crippen LogP contribution is 2.18. The van der Waals surface area contributed by atoms with Gasteiger partial charge in [-0.15, -0.1) is 24.0 Å². The fourth-order valence-electron chi connectivity index (χ4n) is 1.44. The fraction of sp³-hybridized carbons (Fsp3) is 0.636. The van der Waals surface area contributed by atoms with Gasteiger partial charge in [-0.2, -0.15) is 0 Å². The van der Waals surface area contributed by atoms with Crippen molar-refractivity contribution in [2.75, 3.05) is 13.1 Å². The second-order valence-corrected chi connectivity index (χ2v) is 3.98. The Morgan fingerprint density at radius 1 is 1.53 bits per heavy atom. The summed E-state index contributed by atoms with van der Waals surface area (Å²) in [5, 5.41) is 6.63. The van der Waals surface area contributed by atoms with Gasteiger partial charge in [0.05, 0.1) is 12.9 Å². The van der Waals surface area contributed by atoms with Crippen LogP contribution in [0, 0.1) is 0 Å². The zero-order valence-corrected chi connectivity index (χ0v) is 12.4. The van der Waals surface area contributed by atoms with Crippen LogP contribution in [0.2, 0.25) is 0 Å². The van der Waals surface area contributed by atoms with Gasteiger partial charge in [-0.05, 0) is 19.8 Å². The molecule has 1 aromatic heterocycles. The van der Waals surface area contributed by atoms with E-state index in [0.717, 1.165) is 25.6 Å². The van der Waals surface area contributed by atoms with Crippen LogP contribution in [-0.2, 0) is 6.54 Å². The van der Waals surface area contributed by atoms with Crippen LogP contribution >= 0.6 is 24.0 Å². The minimum atomic E-state index is 0. The van der Waals surface area contributed by atoms with Gasteiger partial charge < -0.3 is 15.2 Å². The van der Waals surface area contributed by atoms with Gasteiger partial charge in [-0.3, -0.25) is 4.99 Å². The lowest BCUT2D eigenvalue weighted by atomic mass is 10.6. The summed E-state index contributed by atoms with van der Waals surface area (Å²) in [5.74, 6) is 0.935. The molecule has 0 saturated heterocycles. The molecule has 0 amide bonds. The molecule has 0 radical (unpaired) electrons. The maximum absolute atomic E-state index is 4.51. The molecule has 0 aromatic carbocycles. The van der Waals surface area contributed by atoms with E-state index in [4.69, 9.17) is 0 Å². The minimum Gasteiger partial charge on any atom is -0.357 e. The van der Waals surface area contributed by atoms with E-state index in [2.05, 4.69) is 27.5 Å².